The van der Waals surface area contributed by atoms with Crippen molar-refractivity contribution < 1.29 is 18.7 Å². The highest BCUT2D eigenvalue weighted by Gasteiger charge is 2.23. The maximum atomic E-state index is 13.8. The van der Waals surface area contributed by atoms with Crippen molar-refractivity contribution in [2.24, 2.45) is 11.5 Å². The van der Waals surface area contributed by atoms with E-state index < -0.39 is 11.7 Å². The second-order valence-electron chi connectivity index (χ2n) is 7.70. The minimum Gasteiger partial charge on any atom is -0.494 e. The molecule has 1 fully saturated rings. The first-order chi connectivity index (χ1) is 16.3. The first kappa shape index (κ1) is 24.1. The summed E-state index contributed by atoms with van der Waals surface area (Å²) < 4.78 is 24.9. The Balaban J connectivity index is 1.61. The van der Waals surface area contributed by atoms with Gasteiger partial charge in [0.05, 0.1) is 28.8 Å². The summed E-state index contributed by atoms with van der Waals surface area (Å²) in [6.45, 7) is 1.55. The molecule has 8 nitrogen and oxygen atoms in total. The molecule has 178 valence electrons. The average Bonchev–Trinajstić information content (AvgIpc) is 3.25. The molecule has 0 bridgehead atoms. The standard InChI is InChI=1S/C23H23ClFN5O3S/c1-32-19-8-13(2-5-18(19)25)12-33-22-20(10-28-23(29-22)30-7-6-14(26)11-30)34-15-3-4-16(21(27)31)17(24)9-15/h2-5,8-10,14H,6-7,11-12,26H2,1H3,(H2,27,31). The smallest absolute Gasteiger partial charge is 0.250 e. The van der Waals surface area contributed by atoms with Gasteiger partial charge in [-0.2, -0.15) is 4.98 Å². The fraction of sp³-hybridized carbons (Fsp3) is 0.261. The van der Waals surface area contributed by atoms with Gasteiger partial charge in [0.1, 0.15) is 6.61 Å². The van der Waals surface area contributed by atoms with Crippen molar-refractivity contribution in [3.8, 4) is 11.6 Å². The van der Waals surface area contributed by atoms with Gasteiger partial charge in [-0.25, -0.2) is 9.37 Å². The monoisotopic (exact) mass is 503 g/mol. The lowest BCUT2D eigenvalue weighted by atomic mass is 10.2. The van der Waals surface area contributed by atoms with Crippen LogP contribution in [0.2, 0.25) is 5.02 Å². The van der Waals surface area contributed by atoms with Crippen molar-refractivity contribution >= 4 is 35.2 Å². The Morgan fingerprint density at radius 2 is 2.15 bits per heavy atom. The van der Waals surface area contributed by atoms with Crippen molar-refractivity contribution in [2.75, 3.05) is 25.1 Å². The van der Waals surface area contributed by atoms with Gasteiger partial charge >= 0.3 is 0 Å². The fourth-order valence-electron chi connectivity index (χ4n) is 3.47. The van der Waals surface area contributed by atoms with Crippen LogP contribution in [0.1, 0.15) is 22.3 Å². The molecule has 11 heteroatoms. The molecule has 1 amide bonds. The summed E-state index contributed by atoms with van der Waals surface area (Å²) in [5.74, 6) is -0.0421. The molecule has 0 spiro atoms. The lowest BCUT2D eigenvalue weighted by molar-refractivity contribution is 0.100. The SMILES string of the molecule is COc1cc(COc2nc(N3CCC(N)C3)ncc2Sc2ccc(C(N)=O)c(Cl)c2)ccc1F. The number of carbonyl (C=O) groups excluding carboxylic acids is 1. The van der Waals surface area contributed by atoms with Crippen molar-refractivity contribution in [3.63, 3.8) is 0 Å². The summed E-state index contributed by atoms with van der Waals surface area (Å²) in [4.78, 5) is 24.0. The van der Waals surface area contributed by atoms with E-state index in [0.29, 0.717) is 28.8 Å². The molecule has 0 aliphatic carbocycles. The van der Waals surface area contributed by atoms with E-state index >= 15 is 0 Å². The van der Waals surface area contributed by atoms with Crippen molar-refractivity contribution in [1.29, 1.82) is 0 Å². The summed E-state index contributed by atoms with van der Waals surface area (Å²) in [7, 11) is 1.41. The molecule has 2 aromatic carbocycles. The quantitative estimate of drug-likeness (QED) is 0.478. The number of hydrogen-bond acceptors (Lipinski definition) is 8. The second-order valence-corrected chi connectivity index (χ2v) is 9.22. The Morgan fingerprint density at radius 1 is 1.32 bits per heavy atom. The van der Waals surface area contributed by atoms with E-state index in [1.807, 2.05) is 4.90 Å². The third kappa shape index (κ3) is 5.52. The van der Waals surface area contributed by atoms with Gasteiger partial charge in [-0.3, -0.25) is 4.79 Å². The number of halogens is 2. The Bertz CT molecular complexity index is 1220. The number of nitrogens with two attached hydrogens (primary N) is 2. The number of benzene rings is 2. The minimum atomic E-state index is -0.600. The molecule has 1 aromatic heterocycles. The van der Waals surface area contributed by atoms with Crippen LogP contribution in [0.5, 0.6) is 11.6 Å². The van der Waals surface area contributed by atoms with E-state index in [4.69, 9.17) is 32.5 Å². The summed E-state index contributed by atoms with van der Waals surface area (Å²) >= 11 is 7.53. The Labute approximate surface area is 205 Å². The third-order valence-corrected chi connectivity index (χ3v) is 6.54. The van der Waals surface area contributed by atoms with Crippen molar-refractivity contribution in [2.45, 2.75) is 28.9 Å². The first-order valence-corrected chi connectivity index (χ1v) is 11.6. The van der Waals surface area contributed by atoms with Crippen LogP contribution < -0.4 is 25.8 Å². The topological polar surface area (TPSA) is 117 Å². The molecule has 1 aliphatic heterocycles. The number of carbonyl (C=O) groups is 1. The number of ether oxygens (including phenoxy) is 2. The molecule has 1 atom stereocenters. The normalized spacial score (nSPS) is 15.4. The van der Waals surface area contributed by atoms with Crippen LogP contribution in [-0.4, -0.2) is 42.1 Å². The zero-order valence-electron chi connectivity index (χ0n) is 18.3. The van der Waals surface area contributed by atoms with Gasteiger partial charge < -0.3 is 25.8 Å². The van der Waals surface area contributed by atoms with Crippen LogP contribution in [0.3, 0.4) is 0 Å². The average molecular weight is 504 g/mol. The highest BCUT2D eigenvalue weighted by Crippen LogP contribution is 2.36. The van der Waals surface area contributed by atoms with E-state index in [1.165, 1.54) is 24.9 Å². The molecule has 3 aromatic rings. The lowest BCUT2D eigenvalue weighted by Gasteiger charge is -2.18. The Kier molecular flexibility index (Phi) is 7.40. The van der Waals surface area contributed by atoms with Gasteiger partial charge in [-0.15, -0.1) is 0 Å². The van der Waals surface area contributed by atoms with Gasteiger partial charge in [0.2, 0.25) is 17.7 Å². The number of methoxy groups -OCH3 is 1. The Morgan fingerprint density at radius 3 is 2.82 bits per heavy atom. The number of anilines is 1. The molecular weight excluding hydrogens is 481 g/mol. The zero-order chi connectivity index (χ0) is 24.2. The van der Waals surface area contributed by atoms with Crippen LogP contribution in [0.25, 0.3) is 0 Å². The molecule has 4 N–H and O–H groups in total. The van der Waals surface area contributed by atoms with E-state index in [1.54, 1.807) is 36.5 Å². The van der Waals surface area contributed by atoms with Gasteiger partial charge in [0, 0.05) is 24.0 Å². The Hall–Kier alpha value is -3.08. The number of aromatic nitrogens is 2. The summed E-state index contributed by atoms with van der Waals surface area (Å²) in [6.07, 6.45) is 2.53. The fourth-order valence-corrected chi connectivity index (χ4v) is 4.68. The minimum absolute atomic E-state index is 0.0691. The zero-order valence-corrected chi connectivity index (χ0v) is 19.9. The van der Waals surface area contributed by atoms with E-state index in [-0.39, 0.29) is 29.0 Å². The van der Waals surface area contributed by atoms with Crippen LogP contribution in [0.15, 0.2) is 52.4 Å². The van der Waals surface area contributed by atoms with Crippen LogP contribution in [0, 0.1) is 5.82 Å². The van der Waals surface area contributed by atoms with Crippen molar-refractivity contribution in [3.05, 3.63) is 64.6 Å². The maximum absolute atomic E-state index is 13.8. The number of amides is 1. The van der Waals surface area contributed by atoms with Crippen molar-refractivity contribution in [1.82, 2.24) is 9.97 Å². The van der Waals surface area contributed by atoms with Gasteiger partial charge in [-0.05, 0) is 42.3 Å². The molecule has 0 radical (unpaired) electrons. The van der Waals surface area contributed by atoms with Gasteiger partial charge in [0.25, 0.3) is 0 Å². The first-order valence-electron chi connectivity index (χ1n) is 10.4. The molecular formula is C23H23ClFN5O3S. The summed E-state index contributed by atoms with van der Waals surface area (Å²) in [6, 6.07) is 9.54. The van der Waals surface area contributed by atoms with Gasteiger partial charge in [0.15, 0.2) is 11.6 Å². The molecule has 1 unspecified atom stereocenters. The highest BCUT2D eigenvalue weighted by molar-refractivity contribution is 7.99. The maximum Gasteiger partial charge on any atom is 0.250 e. The number of hydrogen-bond donors (Lipinski definition) is 2. The van der Waals surface area contributed by atoms with Crippen LogP contribution >= 0.6 is 23.4 Å². The van der Waals surface area contributed by atoms with E-state index in [2.05, 4.69) is 9.97 Å². The number of primary amides is 1. The van der Waals surface area contributed by atoms with Crippen LogP contribution in [0.4, 0.5) is 10.3 Å². The number of rotatable bonds is 8. The van der Waals surface area contributed by atoms with Gasteiger partial charge in [-0.1, -0.05) is 29.4 Å². The number of nitrogens with zero attached hydrogens (tertiary/aromatic N) is 3. The molecule has 34 heavy (non-hydrogen) atoms. The van der Waals surface area contributed by atoms with E-state index in [0.717, 1.165) is 17.9 Å². The molecule has 0 saturated carbocycles. The molecule has 4 rings (SSSR count). The van der Waals surface area contributed by atoms with E-state index in [9.17, 15) is 9.18 Å². The summed E-state index contributed by atoms with van der Waals surface area (Å²) in [5.41, 5.74) is 12.3. The third-order valence-electron chi connectivity index (χ3n) is 5.24. The largest absolute Gasteiger partial charge is 0.494 e. The second kappa shape index (κ2) is 10.5. The predicted molar refractivity (Wildman–Crippen MR) is 128 cm³/mol. The lowest BCUT2D eigenvalue weighted by Crippen LogP contribution is -2.27. The molecule has 2 heterocycles. The summed E-state index contributed by atoms with van der Waals surface area (Å²) in [5, 5.41) is 0.252. The highest BCUT2D eigenvalue weighted by atomic mass is 35.5. The predicted octanol–water partition coefficient (Wildman–Crippen LogP) is 3.64. The van der Waals surface area contributed by atoms with Crippen LogP contribution in [-0.2, 0) is 6.61 Å². The molecule has 1 aliphatic rings. The molecule has 1 saturated heterocycles.